The van der Waals surface area contributed by atoms with Crippen molar-refractivity contribution in [2.75, 3.05) is 39.3 Å². The van der Waals surface area contributed by atoms with Gasteiger partial charge in [0.25, 0.3) is 31.9 Å². The lowest BCUT2D eigenvalue weighted by molar-refractivity contribution is 0.0637. The number of hydrogen-bond acceptors (Lipinski definition) is 12. The second kappa shape index (κ2) is 22.8. The normalized spacial score (nSPS) is 16.9. The third-order valence-corrected chi connectivity index (χ3v) is 18.5. The monoisotopic (exact) mass is 1020 g/mol. The van der Waals surface area contributed by atoms with Gasteiger partial charge in [0.2, 0.25) is 0 Å². The standard InChI is InChI=1S/C25H23N3O4S2.C18H18N2O3S2.C7H6ClNO/c1-18-17-27(25(29)20-10-6-3-7-11-20)14-15-28(18)34(30,31)24-13-12-23(33-24)22-16-21(26-32-22)19-8-4-2-5-9-19;1-3-16-9-10-17(24-16)25(22,23)20-12-11-19(13-14(20)2)18(21)15-7-5-4-6-8-15;8-7(9-10)6-4-2-1-3-5-6/h2-13,16,18H,14-15,17H2,1H3;1,4-10,14H,11-13H2,2H3;1-5,10H/b;;9-7-/t18-;14-;/m11./s1. The van der Waals surface area contributed by atoms with Crippen molar-refractivity contribution in [1.29, 1.82) is 0 Å². The van der Waals surface area contributed by atoms with Crippen LogP contribution in [0.4, 0.5) is 0 Å². The third-order valence-electron chi connectivity index (χ3n) is 11.1. The number of piperazine rings is 2. The van der Waals surface area contributed by atoms with Gasteiger partial charge < -0.3 is 19.5 Å². The molecule has 14 nitrogen and oxygen atoms in total. The van der Waals surface area contributed by atoms with E-state index in [2.05, 4.69) is 16.2 Å². The fourth-order valence-electron chi connectivity index (χ4n) is 7.62. The fourth-order valence-corrected chi connectivity index (χ4v) is 13.6. The van der Waals surface area contributed by atoms with Crippen molar-refractivity contribution in [2.45, 2.75) is 34.3 Å². The van der Waals surface area contributed by atoms with Crippen molar-refractivity contribution in [3.8, 4) is 34.2 Å². The summed E-state index contributed by atoms with van der Waals surface area (Å²) in [5.74, 6) is 2.83. The number of sulfonamides is 2. The first-order chi connectivity index (χ1) is 33.2. The number of terminal acetylenes is 1. The Hall–Kier alpha value is -6.43. The summed E-state index contributed by atoms with van der Waals surface area (Å²) >= 11 is 7.74. The van der Waals surface area contributed by atoms with Gasteiger partial charge in [-0.2, -0.15) is 8.61 Å². The van der Waals surface area contributed by atoms with Crippen LogP contribution in [0.1, 0.15) is 45.0 Å². The molecule has 1 N–H and O–H groups in total. The van der Waals surface area contributed by atoms with Gasteiger partial charge in [-0.05, 0) is 62.4 Å². The van der Waals surface area contributed by atoms with Crippen molar-refractivity contribution in [1.82, 2.24) is 23.6 Å². The van der Waals surface area contributed by atoms with Gasteiger partial charge in [0.1, 0.15) is 14.1 Å². The maximum atomic E-state index is 13.4. The van der Waals surface area contributed by atoms with Gasteiger partial charge in [0, 0.05) is 79.7 Å². The van der Waals surface area contributed by atoms with Crippen LogP contribution in [0.25, 0.3) is 21.9 Å². The molecule has 0 aliphatic carbocycles. The van der Waals surface area contributed by atoms with E-state index in [1.165, 1.54) is 8.61 Å². The number of carbonyl (C=O) groups excluding carboxylic acids is 2. The summed E-state index contributed by atoms with van der Waals surface area (Å²) in [5.41, 5.74) is 3.56. The molecule has 5 heterocycles. The Bertz CT molecular complexity index is 3140. The van der Waals surface area contributed by atoms with Crippen LogP contribution in [-0.4, -0.2) is 114 Å². The molecule has 2 saturated heterocycles. The highest BCUT2D eigenvalue weighted by molar-refractivity contribution is 7.91. The van der Waals surface area contributed by atoms with Crippen molar-refractivity contribution < 1.29 is 36.2 Å². The second-order valence-electron chi connectivity index (χ2n) is 15.7. The van der Waals surface area contributed by atoms with Crippen LogP contribution < -0.4 is 0 Å². The number of carbonyl (C=O) groups is 2. The molecule has 7 aromatic rings. The summed E-state index contributed by atoms with van der Waals surface area (Å²) in [7, 11) is -7.30. The molecule has 69 heavy (non-hydrogen) atoms. The van der Waals surface area contributed by atoms with E-state index in [-0.39, 0.29) is 50.6 Å². The quantitative estimate of drug-likeness (QED) is 0.0641. The number of benzene rings is 4. The molecule has 3 aromatic heterocycles. The summed E-state index contributed by atoms with van der Waals surface area (Å²) in [6, 6.07) is 44.5. The van der Waals surface area contributed by atoms with Crippen LogP contribution in [0.3, 0.4) is 0 Å². The zero-order chi connectivity index (χ0) is 49.1. The van der Waals surface area contributed by atoms with Gasteiger partial charge in [-0.1, -0.05) is 125 Å². The summed E-state index contributed by atoms with van der Waals surface area (Å²) in [6.07, 6.45) is 5.33. The summed E-state index contributed by atoms with van der Waals surface area (Å²) in [4.78, 5) is 30.0. The Labute approximate surface area is 414 Å². The summed E-state index contributed by atoms with van der Waals surface area (Å²) < 4.78 is 61.4. The molecule has 356 valence electrons. The molecular formula is C50H47ClN6O8S4. The van der Waals surface area contributed by atoms with E-state index in [1.807, 2.05) is 105 Å². The second-order valence-corrected chi connectivity index (χ2v) is 22.5. The molecular weight excluding hydrogens is 976 g/mol. The fraction of sp³-hybridized carbons (Fsp3) is 0.200. The topological polar surface area (TPSA) is 174 Å². The number of thiophene rings is 2. The van der Waals surface area contributed by atoms with Crippen molar-refractivity contribution >= 4 is 71.3 Å². The van der Waals surface area contributed by atoms with Gasteiger partial charge in [-0.3, -0.25) is 9.59 Å². The number of nitrogens with zero attached hydrogens (tertiary/aromatic N) is 6. The van der Waals surface area contributed by atoms with Gasteiger partial charge in [0.15, 0.2) is 10.9 Å². The number of amides is 2. The number of rotatable bonds is 9. The molecule has 19 heteroatoms. The highest BCUT2D eigenvalue weighted by Gasteiger charge is 2.38. The minimum Gasteiger partial charge on any atom is -0.410 e. The summed E-state index contributed by atoms with van der Waals surface area (Å²) in [5, 5.41) is 15.3. The number of oxime groups is 1. The van der Waals surface area contributed by atoms with E-state index >= 15 is 0 Å². The average Bonchev–Trinajstić information content (AvgIpc) is 4.20. The predicted molar refractivity (Wildman–Crippen MR) is 270 cm³/mol. The molecule has 9 rings (SSSR count). The van der Waals surface area contributed by atoms with Crippen LogP contribution in [0.5, 0.6) is 0 Å². The van der Waals surface area contributed by atoms with Crippen LogP contribution >= 0.6 is 34.3 Å². The lowest BCUT2D eigenvalue weighted by Crippen LogP contribution is -2.55. The molecule has 2 atom stereocenters. The first-order valence-corrected chi connectivity index (χ1v) is 26.4. The first kappa shape index (κ1) is 50.4. The molecule has 2 aliphatic heterocycles. The van der Waals surface area contributed by atoms with Gasteiger partial charge in [0.05, 0.1) is 9.75 Å². The molecule has 2 aliphatic rings. The molecule has 0 spiro atoms. The zero-order valence-corrected chi connectivity index (χ0v) is 41.4. The molecule has 4 aromatic carbocycles. The number of hydrogen-bond donors (Lipinski definition) is 1. The van der Waals surface area contributed by atoms with E-state index in [1.54, 1.807) is 70.5 Å². The molecule has 0 bridgehead atoms. The minimum atomic E-state index is -3.71. The van der Waals surface area contributed by atoms with Crippen molar-refractivity contribution in [2.24, 2.45) is 5.16 Å². The Kier molecular flexibility index (Phi) is 16.7. The highest BCUT2D eigenvalue weighted by Crippen LogP contribution is 2.35. The Morgan fingerprint density at radius 1 is 0.667 bits per heavy atom. The first-order valence-electron chi connectivity index (χ1n) is 21.6. The van der Waals surface area contributed by atoms with Crippen LogP contribution in [-0.2, 0) is 20.0 Å². The average molecular weight is 1020 g/mol. The van der Waals surface area contributed by atoms with E-state index in [9.17, 15) is 26.4 Å². The maximum Gasteiger partial charge on any atom is 0.253 e. The highest BCUT2D eigenvalue weighted by atomic mass is 35.5. The molecule has 0 unspecified atom stereocenters. The largest absolute Gasteiger partial charge is 0.410 e. The van der Waals surface area contributed by atoms with Crippen molar-refractivity contribution in [3.05, 3.63) is 173 Å². The third kappa shape index (κ3) is 12.1. The van der Waals surface area contributed by atoms with Crippen LogP contribution in [0.2, 0.25) is 0 Å². The Morgan fingerprint density at radius 2 is 1.12 bits per heavy atom. The van der Waals surface area contributed by atoms with Crippen LogP contribution in [0.15, 0.2) is 170 Å². The molecule has 0 radical (unpaired) electrons. The maximum absolute atomic E-state index is 13.4. The Balaban J connectivity index is 0.000000175. The van der Waals surface area contributed by atoms with Crippen LogP contribution in [0, 0.1) is 12.3 Å². The molecule has 0 saturated carbocycles. The predicted octanol–water partition coefficient (Wildman–Crippen LogP) is 8.93. The Morgan fingerprint density at radius 3 is 1.57 bits per heavy atom. The lowest BCUT2D eigenvalue weighted by Gasteiger charge is -2.38. The lowest BCUT2D eigenvalue weighted by atomic mass is 10.1. The minimum absolute atomic E-state index is 0.0739. The number of aromatic nitrogens is 1. The van der Waals surface area contributed by atoms with E-state index in [0.717, 1.165) is 28.2 Å². The molecule has 2 fully saturated rings. The number of halogens is 1. The van der Waals surface area contributed by atoms with Crippen molar-refractivity contribution in [3.63, 3.8) is 0 Å². The van der Waals surface area contributed by atoms with Gasteiger partial charge in [-0.15, -0.1) is 29.1 Å². The van der Waals surface area contributed by atoms with E-state index < -0.39 is 20.0 Å². The SMILES string of the molecule is C#Cc1ccc(S(=O)(=O)N2CCN(C(=O)c3ccccc3)C[C@H]2C)s1.C[C@@H]1CN(C(=O)c2ccccc2)CCN1S(=O)(=O)c1ccc(-c2cc(-c3ccccc3)no2)s1.O/N=C(\Cl)c1ccccc1. The van der Waals surface area contributed by atoms with E-state index in [0.29, 0.717) is 64.1 Å². The summed E-state index contributed by atoms with van der Waals surface area (Å²) in [6.45, 7) is 5.58. The zero-order valence-electron chi connectivity index (χ0n) is 37.4. The van der Waals surface area contributed by atoms with Gasteiger partial charge in [-0.25, -0.2) is 16.8 Å². The molecule has 2 amide bonds. The smallest absolute Gasteiger partial charge is 0.253 e. The van der Waals surface area contributed by atoms with E-state index in [4.69, 9.17) is 27.8 Å². The van der Waals surface area contributed by atoms with Gasteiger partial charge >= 0.3 is 0 Å².